The molecule has 9 aromatic rings. The van der Waals surface area contributed by atoms with E-state index < -0.39 is 373 Å². The lowest BCUT2D eigenvalue weighted by molar-refractivity contribution is -0.284. The van der Waals surface area contributed by atoms with Gasteiger partial charge in [-0.2, -0.15) is 0 Å². The summed E-state index contributed by atoms with van der Waals surface area (Å²) in [5.41, 5.74) is -18.9. The number of cyclic esters (lactones) is 1. The van der Waals surface area contributed by atoms with Crippen LogP contribution in [0.4, 0.5) is 0 Å². The monoisotopic (exact) mass is 1720 g/mol. The van der Waals surface area contributed by atoms with Crippen LogP contribution < -0.4 is 4.74 Å². The predicted octanol–water partition coefficient (Wildman–Crippen LogP) is 2.73. The van der Waals surface area contributed by atoms with E-state index in [1.54, 1.807) is 0 Å². The van der Waals surface area contributed by atoms with E-state index in [0.29, 0.717) is 36.4 Å². The number of fused-ring (bicyclic) bond motifs is 13. The Bertz CT molecular complexity index is 6140. The van der Waals surface area contributed by atoms with Crippen molar-refractivity contribution in [2.24, 2.45) is 0 Å². The molecule has 48 nitrogen and oxygen atoms in total. The largest absolute Gasteiger partial charge is 0.504 e. The molecule has 48 heteroatoms. The Morgan fingerprint density at radius 3 is 1.07 bits per heavy atom. The molecule has 9 aromatic carbocycles. The maximum atomic E-state index is 15.5. The standard InChI is InChI=1S/C75H52O48/c76-23-1-14(2-24(77)42(23)86)65(102)112-13-35-60(62-64(75(116-35)123-66(103)15-3-25(78)43(87)26(79)4-15)122-71(108)20-9-31(84)47(91)54(98)39(20)38-18(70(107)120-62)7-29(82)46(90)53(38)97)118-73(110)22-10-32(85)49(93)57(101)58(22)114-33-11-21-41(56(100)50(33)94)40-19(8-30(83)48(92)55(40)99)69(106)119-61-59-34(115-74(111)63(61)121-72(21)109)12-113-67(104)16-5-27(80)44(88)51(95)36(16)37-17(68(105)117-59)6-28(81)45(89)52(37)96/h1-11,34-35,59-64,74-101,111H,12-13H2/t34-,35-,59-,60-,61+,62+,63-,64-,74-,75+/m1/s1. The quantitative estimate of drug-likeness (QED) is 0.0561. The molecule has 0 aromatic heterocycles. The number of aliphatic hydroxyl groups is 1. The maximum Gasteiger partial charge on any atom is 0.342 e. The van der Waals surface area contributed by atoms with Crippen molar-refractivity contribution in [2.45, 2.75) is 61.4 Å². The summed E-state index contributed by atoms with van der Waals surface area (Å²) >= 11 is 0. The van der Waals surface area contributed by atoms with Gasteiger partial charge >= 0.3 is 53.7 Å². The first-order valence-electron chi connectivity index (χ1n) is 34.2. The third-order valence-electron chi connectivity index (χ3n) is 19.5. The Hall–Kier alpha value is -17.3. The average Bonchev–Trinajstić information content (AvgIpc) is 1.34. The lowest BCUT2D eigenvalue weighted by atomic mass is 9.91. The Balaban J connectivity index is 0.901. The van der Waals surface area contributed by atoms with Gasteiger partial charge in [-0.05, 0) is 54.6 Å². The van der Waals surface area contributed by atoms with E-state index in [4.69, 9.17) is 56.8 Å². The molecule has 0 bridgehead atoms. The predicted molar refractivity (Wildman–Crippen MR) is 379 cm³/mol. The number of phenols is 26. The van der Waals surface area contributed by atoms with Crippen LogP contribution in [0.25, 0.3) is 33.4 Å². The summed E-state index contributed by atoms with van der Waals surface area (Å²) in [6, 6.07) is 3.55. The van der Waals surface area contributed by atoms with Gasteiger partial charge < -0.3 is 195 Å². The van der Waals surface area contributed by atoms with Crippen molar-refractivity contribution < 1.29 is 238 Å². The highest BCUT2D eigenvalue weighted by Crippen LogP contribution is 2.59. The van der Waals surface area contributed by atoms with Gasteiger partial charge in [-0.25, -0.2) is 43.2 Å². The molecule has 5 heterocycles. The van der Waals surface area contributed by atoms with Gasteiger partial charge in [0.05, 0.1) is 44.5 Å². The van der Waals surface area contributed by atoms with Crippen molar-refractivity contribution in [2.75, 3.05) is 13.2 Å². The van der Waals surface area contributed by atoms with E-state index in [1.807, 2.05) is 0 Å². The molecule has 2 saturated heterocycles. The zero-order valence-electron chi connectivity index (χ0n) is 60.2. The van der Waals surface area contributed by atoms with Gasteiger partial charge in [-0.3, -0.25) is 0 Å². The van der Waals surface area contributed by atoms with Gasteiger partial charge in [0.15, 0.2) is 152 Å². The van der Waals surface area contributed by atoms with Crippen molar-refractivity contribution in [3.8, 4) is 194 Å². The highest BCUT2D eigenvalue weighted by molar-refractivity contribution is 6.12. The molecule has 0 amide bonds. The smallest absolute Gasteiger partial charge is 0.342 e. The van der Waals surface area contributed by atoms with Gasteiger partial charge in [-0.15, -0.1) is 0 Å². The third kappa shape index (κ3) is 13.6. The summed E-state index contributed by atoms with van der Waals surface area (Å²) < 4.78 is 67.9. The number of carbonyl (C=O) groups is 9. The van der Waals surface area contributed by atoms with E-state index in [0.717, 1.165) is 0 Å². The van der Waals surface area contributed by atoms with Gasteiger partial charge in [0.2, 0.25) is 58.4 Å². The van der Waals surface area contributed by atoms with E-state index in [9.17, 15) is 167 Å². The molecule has 10 atom stereocenters. The lowest BCUT2D eigenvalue weighted by Gasteiger charge is -2.44. The molecule has 0 spiro atoms. The molecule has 0 unspecified atom stereocenters. The Morgan fingerprint density at radius 1 is 0.317 bits per heavy atom. The Morgan fingerprint density at radius 2 is 0.650 bits per heavy atom. The van der Waals surface area contributed by atoms with E-state index in [1.165, 1.54) is 0 Å². The van der Waals surface area contributed by atoms with Gasteiger partial charge in [0.25, 0.3) is 0 Å². The Labute approximate surface area is 675 Å². The zero-order valence-corrected chi connectivity index (χ0v) is 60.2. The summed E-state index contributed by atoms with van der Waals surface area (Å²) in [7, 11) is 0. The number of hydrogen-bond acceptors (Lipinski definition) is 48. The minimum absolute atomic E-state index is 0.0964. The van der Waals surface area contributed by atoms with Crippen LogP contribution in [0.1, 0.15) is 93.2 Å². The fourth-order valence-corrected chi connectivity index (χ4v) is 13.6. The van der Waals surface area contributed by atoms with Gasteiger partial charge in [0.1, 0.15) is 31.0 Å². The topological polar surface area (TPSA) is 811 Å². The van der Waals surface area contributed by atoms with Gasteiger partial charge in [-0.1, -0.05) is 0 Å². The minimum atomic E-state index is -2.98. The number of carbonyl (C=O) groups excluding carboxylic acids is 9. The molecule has 27 N–H and O–H groups in total. The molecule has 0 aliphatic carbocycles. The van der Waals surface area contributed by atoms with E-state index in [-0.39, 0.29) is 30.3 Å². The first-order valence-corrected chi connectivity index (χ1v) is 34.2. The number of ether oxygens (including phenoxy) is 12. The van der Waals surface area contributed by atoms with Crippen LogP contribution in [-0.4, -0.2) is 266 Å². The summed E-state index contributed by atoms with van der Waals surface area (Å²) in [6.07, 6.45) is -27.5. The molecule has 14 rings (SSSR count). The molecular weight excluding hydrogens is 1670 g/mol. The second-order valence-electron chi connectivity index (χ2n) is 26.8. The van der Waals surface area contributed by atoms with Crippen LogP contribution in [-0.2, 0) is 52.1 Å². The molecule has 0 saturated carbocycles. The number of benzene rings is 9. The van der Waals surface area contributed by atoms with Gasteiger partial charge in [0, 0.05) is 45.5 Å². The van der Waals surface area contributed by atoms with Crippen LogP contribution in [0, 0.1) is 0 Å². The average molecular weight is 1720 g/mol. The summed E-state index contributed by atoms with van der Waals surface area (Å²) in [6.45, 7) is -2.95. The fraction of sp³-hybridized carbons (Fsp3) is 0.160. The first kappa shape index (κ1) is 82.2. The highest BCUT2D eigenvalue weighted by atomic mass is 16.8. The number of aromatic hydroxyl groups is 26. The van der Waals surface area contributed by atoms with Crippen molar-refractivity contribution >= 4 is 53.7 Å². The Kier molecular flexibility index (Phi) is 20.1. The summed E-state index contributed by atoms with van der Waals surface area (Å²) in [5, 5.41) is 297. The van der Waals surface area contributed by atoms with Crippen molar-refractivity contribution in [3.63, 3.8) is 0 Å². The fourth-order valence-electron chi connectivity index (χ4n) is 13.6. The van der Waals surface area contributed by atoms with Crippen LogP contribution >= 0.6 is 0 Å². The third-order valence-corrected chi connectivity index (χ3v) is 19.5. The second-order valence-corrected chi connectivity index (χ2v) is 26.8. The van der Waals surface area contributed by atoms with Crippen molar-refractivity contribution in [1.82, 2.24) is 0 Å². The first-order chi connectivity index (χ1) is 57.9. The molecule has 2 fully saturated rings. The number of hydrogen-bond donors (Lipinski definition) is 27. The number of rotatable bonds is 9. The zero-order chi connectivity index (χ0) is 89.5. The highest BCUT2D eigenvalue weighted by Gasteiger charge is 2.58. The van der Waals surface area contributed by atoms with Crippen molar-refractivity contribution in [3.05, 3.63) is 117 Å². The van der Waals surface area contributed by atoms with E-state index >= 15 is 14.4 Å². The molecule has 123 heavy (non-hydrogen) atoms. The van der Waals surface area contributed by atoms with Crippen molar-refractivity contribution in [1.29, 1.82) is 0 Å². The molecule has 5 aliphatic heterocycles. The molecule has 640 valence electrons. The normalized spacial score (nSPS) is 20.3. The summed E-state index contributed by atoms with van der Waals surface area (Å²) in [4.78, 5) is 133. The van der Waals surface area contributed by atoms with Crippen LogP contribution in [0.5, 0.6) is 161 Å². The molecular formula is C75H52O48. The van der Waals surface area contributed by atoms with Crippen LogP contribution in [0.2, 0.25) is 0 Å². The minimum Gasteiger partial charge on any atom is -0.504 e. The number of phenolic OH excluding ortho intramolecular Hbond substituents is 26. The van der Waals surface area contributed by atoms with E-state index in [2.05, 4.69) is 0 Å². The lowest BCUT2D eigenvalue weighted by Crippen LogP contribution is -2.63. The summed E-state index contributed by atoms with van der Waals surface area (Å²) in [5.74, 6) is -60.1. The number of aliphatic hydroxyl groups excluding tert-OH is 1. The second kappa shape index (κ2) is 30.0. The SMILES string of the molecule is O=C(OC[C@H]1O[C@@H](OC(=O)c2cc(O)c(O)c(O)c2)[C@@H]2OC(=O)c3cc(O)c(O)c(O)c3-c3c(cc(O)c(O)c3O)C(=O)O[C@H]2[C@@H]1OC(=O)c1cc(O)c(O)c(O)c1Oc1cc2c(c(O)c1O)-c1c(cc(O)c(O)c1O)C(=O)O[C@@H]1[C@@H](OC2=O)[C@H](O)O[C@@H]2COC(=O)c3cc(O)c(O)c(O)c3-c3c(cc(O)c(O)c3O)C(=O)O[C@@H]12)c1cc(O)c(O)c(O)c1. The van der Waals surface area contributed by atoms with Crippen LogP contribution in [0.3, 0.4) is 0 Å². The molecule has 5 aliphatic rings. The molecule has 0 radical (unpaired) electrons. The number of esters is 9. The van der Waals surface area contributed by atoms with Crippen LogP contribution in [0.15, 0.2) is 66.7 Å². The maximum absolute atomic E-state index is 15.5.